The predicted molar refractivity (Wildman–Crippen MR) is 357 cm³/mol. The zero-order chi connectivity index (χ0) is 59.2. The van der Waals surface area contributed by atoms with Crippen LogP contribution in [0.1, 0.15) is 348 Å². The van der Waals surface area contributed by atoms with Gasteiger partial charge in [0, 0.05) is 19.3 Å². The molecule has 0 aromatic heterocycles. The van der Waals surface area contributed by atoms with Gasteiger partial charge in [-0.2, -0.15) is 0 Å². The summed E-state index contributed by atoms with van der Waals surface area (Å²) in [5.74, 6) is -0.881. The summed E-state index contributed by atoms with van der Waals surface area (Å²) in [4.78, 5) is 38.5. The first-order valence-corrected chi connectivity index (χ1v) is 35.2. The Morgan fingerprint density at radius 2 is 0.476 bits per heavy atom. The summed E-state index contributed by atoms with van der Waals surface area (Å²) in [5.41, 5.74) is 0. The van der Waals surface area contributed by atoms with E-state index in [-0.39, 0.29) is 31.1 Å². The zero-order valence-corrected chi connectivity index (χ0v) is 54.2. The van der Waals surface area contributed by atoms with Gasteiger partial charge in [-0.05, 0) is 122 Å². The summed E-state index contributed by atoms with van der Waals surface area (Å²) in [6, 6.07) is 0. The second kappa shape index (κ2) is 69.8. The van der Waals surface area contributed by atoms with Gasteiger partial charge in [0.15, 0.2) is 6.10 Å². The molecule has 0 aliphatic heterocycles. The van der Waals surface area contributed by atoms with Gasteiger partial charge in [-0.15, -0.1) is 0 Å². The largest absolute Gasteiger partial charge is 0.462 e. The van der Waals surface area contributed by atoms with Crippen LogP contribution in [0.25, 0.3) is 0 Å². The van der Waals surface area contributed by atoms with E-state index in [0.29, 0.717) is 19.3 Å². The van der Waals surface area contributed by atoms with E-state index in [1.165, 1.54) is 199 Å². The van der Waals surface area contributed by atoms with Crippen molar-refractivity contribution in [2.45, 2.75) is 354 Å². The van der Waals surface area contributed by atoms with Crippen molar-refractivity contribution in [3.8, 4) is 0 Å². The molecule has 0 aliphatic rings. The molecule has 1 unspecified atom stereocenters. The number of carbonyl (C=O) groups is 3. The van der Waals surface area contributed by atoms with Gasteiger partial charge in [-0.25, -0.2) is 0 Å². The molecule has 6 nitrogen and oxygen atoms in total. The number of ether oxygens (including phenoxy) is 3. The van der Waals surface area contributed by atoms with Crippen LogP contribution in [0.3, 0.4) is 0 Å². The molecule has 82 heavy (non-hydrogen) atoms. The van der Waals surface area contributed by atoms with E-state index in [1.807, 2.05) is 0 Å². The summed E-state index contributed by atoms with van der Waals surface area (Å²) < 4.78 is 17.0. The molecule has 0 fully saturated rings. The molecule has 0 aliphatic carbocycles. The topological polar surface area (TPSA) is 78.9 Å². The van der Waals surface area contributed by atoms with Crippen molar-refractivity contribution in [1.82, 2.24) is 0 Å². The van der Waals surface area contributed by atoms with Crippen LogP contribution in [0, 0.1) is 0 Å². The summed E-state index contributed by atoms with van der Waals surface area (Å²) in [7, 11) is 0. The second-order valence-electron chi connectivity index (χ2n) is 23.4. The van der Waals surface area contributed by atoms with E-state index in [4.69, 9.17) is 14.2 Å². The van der Waals surface area contributed by atoms with Gasteiger partial charge in [0.2, 0.25) is 0 Å². The van der Waals surface area contributed by atoms with Crippen molar-refractivity contribution in [2.75, 3.05) is 13.2 Å². The Morgan fingerprint density at radius 3 is 0.756 bits per heavy atom. The highest BCUT2D eigenvalue weighted by atomic mass is 16.6. The highest BCUT2D eigenvalue weighted by Gasteiger charge is 2.19. The van der Waals surface area contributed by atoms with Gasteiger partial charge in [-0.3, -0.25) is 14.4 Å². The van der Waals surface area contributed by atoms with E-state index in [0.717, 1.165) is 109 Å². The predicted octanol–water partition coefficient (Wildman–Crippen LogP) is 24.4. The summed E-state index contributed by atoms with van der Waals surface area (Å²) in [6.45, 7) is 6.54. The van der Waals surface area contributed by atoms with Crippen LogP contribution >= 0.6 is 0 Å². The molecule has 0 spiro atoms. The fourth-order valence-corrected chi connectivity index (χ4v) is 10.0. The molecular formula is C76H132O6. The zero-order valence-electron chi connectivity index (χ0n) is 54.2. The lowest BCUT2D eigenvalue weighted by Crippen LogP contribution is -2.30. The van der Waals surface area contributed by atoms with Gasteiger partial charge in [0.25, 0.3) is 0 Å². The smallest absolute Gasteiger partial charge is 0.306 e. The lowest BCUT2D eigenvalue weighted by Gasteiger charge is -2.18. The molecule has 6 heteroatoms. The van der Waals surface area contributed by atoms with E-state index in [2.05, 4.69) is 118 Å². The number of esters is 3. The average molecular weight is 1140 g/mol. The van der Waals surface area contributed by atoms with E-state index in [1.54, 1.807) is 0 Å². The molecule has 0 amide bonds. The third-order valence-corrected chi connectivity index (χ3v) is 15.3. The summed E-state index contributed by atoms with van der Waals surface area (Å²) in [6.07, 6.45) is 94.2. The minimum Gasteiger partial charge on any atom is -0.462 e. The third kappa shape index (κ3) is 67.1. The van der Waals surface area contributed by atoms with E-state index < -0.39 is 6.10 Å². The van der Waals surface area contributed by atoms with Crippen molar-refractivity contribution >= 4 is 17.9 Å². The van der Waals surface area contributed by atoms with Crippen molar-refractivity contribution < 1.29 is 28.6 Å². The van der Waals surface area contributed by atoms with Crippen LogP contribution in [-0.4, -0.2) is 37.2 Å². The Kier molecular flexibility index (Phi) is 66.7. The molecule has 0 saturated heterocycles. The summed E-state index contributed by atoms with van der Waals surface area (Å²) in [5, 5.41) is 0. The van der Waals surface area contributed by atoms with Crippen LogP contribution in [0.2, 0.25) is 0 Å². The molecule has 1 atom stereocenters. The Balaban J connectivity index is 4.32. The average Bonchev–Trinajstić information content (AvgIpc) is 3.47. The number of hydrogen-bond donors (Lipinski definition) is 0. The summed E-state index contributed by atoms with van der Waals surface area (Å²) >= 11 is 0. The minimum atomic E-state index is -0.786. The SMILES string of the molecule is CC/C=C\C/C=C\C/C=C\C/C=C\C/C=C\CCCCCCCCCCCC(=O)OCC(COC(=O)CCCCCCC/C=C\CCCCCCC)OC(=O)CCCCCCCCCCCCCCC/C=C\C/C=C\CCCCCCC. The van der Waals surface area contributed by atoms with Gasteiger partial charge >= 0.3 is 17.9 Å². The van der Waals surface area contributed by atoms with E-state index in [9.17, 15) is 14.4 Å². The van der Waals surface area contributed by atoms with Crippen LogP contribution in [0.5, 0.6) is 0 Å². The number of hydrogen-bond acceptors (Lipinski definition) is 6. The maximum atomic E-state index is 13.0. The number of carbonyl (C=O) groups excluding carboxylic acids is 3. The fraction of sp³-hybridized carbons (Fsp3) is 0.750. The normalized spacial score (nSPS) is 12.7. The van der Waals surface area contributed by atoms with Crippen molar-refractivity contribution in [3.05, 3.63) is 97.2 Å². The first kappa shape index (κ1) is 78.3. The Labute approximate surface area is 508 Å². The van der Waals surface area contributed by atoms with Gasteiger partial charge < -0.3 is 14.2 Å². The highest BCUT2D eigenvalue weighted by Crippen LogP contribution is 2.17. The lowest BCUT2D eigenvalue weighted by molar-refractivity contribution is -0.167. The minimum absolute atomic E-state index is 0.0819. The Morgan fingerprint density at radius 1 is 0.256 bits per heavy atom. The molecule has 0 aromatic carbocycles. The molecule has 0 rings (SSSR count). The van der Waals surface area contributed by atoms with Gasteiger partial charge in [0.05, 0.1) is 0 Å². The highest BCUT2D eigenvalue weighted by molar-refractivity contribution is 5.71. The second-order valence-corrected chi connectivity index (χ2v) is 23.4. The number of allylic oxidation sites excluding steroid dienone is 16. The van der Waals surface area contributed by atoms with Crippen molar-refractivity contribution in [1.29, 1.82) is 0 Å². The Hall–Kier alpha value is -3.67. The molecule has 0 N–H and O–H groups in total. The fourth-order valence-electron chi connectivity index (χ4n) is 10.0. The van der Waals surface area contributed by atoms with Crippen molar-refractivity contribution in [2.24, 2.45) is 0 Å². The molecular weight excluding hydrogens is 1010 g/mol. The van der Waals surface area contributed by atoms with E-state index >= 15 is 0 Å². The Bertz CT molecular complexity index is 1590. The number of unbranched alkanes of at least 4 members (excludes halogenated alkanes) is 37. The van der Waals surface area contributed by atoms with Crippen LogP contribution < -0.4 is 0 Å². The molecule has 0 aromatic rings. The van der Waals surface area contributed by atoms with Crippen LogP contribution in [0.15, 0.2) is 97.2 Å². The standard InChI is InChI=1S/C76H132O6/c1-4-7-10-13-16-19-22-25-28-30-32-34-36-38-40-42-44-46-48-51-54-57-60-63-66-69-75(78)81-72-73(71-80-74(77)68-65-62-59-56-53-50-27-24-21-18-15-12-9-6-3)82-76(79)70-67-64-61-58-55-52-49-47-45-43-41-39-37-35-33-31-29-26-23-20-17-14-11-8-5-2/h7,10,16,19,23-28,31-34,38,40,73H,4-6,8-9,11-15,17-18,20-22,29-30,35-37,39,41-72H2,1-3H3/b10-7-,19-16-,26-23-,27-24-,28-25-,33-31-,34-32-,40-38-. The van der Waals surface area contributed by atoms with Crippen LogP contribution in [0.4, 0.5) is 0 Å². The lowest BCUT2D eigenvalue weighted by atomic mass is 10.0. The van der Waals surface area contributed by atoms with Gasteiger partial charge in [-0.1, -0.05) is 304 Å². The first-order chi connectivity index (χ1) is 40.5. The monoisotopic (exact) mass is 1140 g/mol. The van der Waals surface area contributed by atoms with Crippen molar-refractivity contribution in [3.63, 3.8) is 0 Å². The molecule has 0 heterocycles. The third-order valence-electron chi connectivity index (χ3n) is 15.3. The molecule has 472 valence electrons. The molecule has 0 saturated carbocycles. The molecule has 0 bridgehead atoms. The quantitative estimate of drug-likeness (QED) is 0.0261. The number of rotatable bonds is 64. The maximum absolute atomic E-state index is 13.0. The maximum Gasteiger partial charge on any atom is 0.306 e. The molecule has 0 radical (unpaired) electrons. The first-order valence-electron chi connectivity index (χ1n) is 35.2. The van der Waals surface area contributed by atoms with Gasteiger partial charge in [0.1, 0.15) is 13.2 Å². The van der Waals surface area contributed by atoms with Crippen LogP contribution in [-0.2, 0) is 28.6 Å².